The Kier molecular flexibility index (Phi) is 4.24. The van der Waals surface area contributed by atoms with Gasteiger partial charge in [0.1, 0.15) is 5.15 Å². The summed E-state index contributed by atoms with van der Waals surface area (Å²) in [5.41, 5.74) is 0.463. The maximum atomic E-state index is 11.9. The van der Waals surface area contributed by atoms with E-state index in [0.717, 1.165) is 12.8 Å². The highest BCUT2D eigenvalue weighted by molar-refractivity contribution is 6.41. The number of halogens is 2. The third kappa shape index (κ3) is 3.33. The molecule has 1 heterocycles. The summed E-state index contributed by atoms with van der Waals surface area (Å²) in [5.74, 6) is -0.122. The number of pyridine rings is 1. The fraction of sp³-hybridized carbons (Fsp3) is 0.500. The molecule has 1 amide bonds. The summed E-state index contributed by atoms with van der Waals surface area (Å²) in [4.78, 5) is 15.8. The molecular formula is C12H14Cl2N2O. The van der Waals surface area contributed by atoms with Gasteiger partial charge in [0, 0.05) is 12.2 Å². The molecule has 1 saturated carbocycles. The second-order valence-electron chi connectivity index (χ2n) is 4.31. The van der Waals surface area contributed by atoms with Crippen LogP contribution in [0.15, 0.2) is 12.3 Å². The van der Waals surface area contributed by atoms with Gasteiger partial charge < -0.3 is 5.32 Å². The van der Waals surface area contributed by atoms with Crippen molar-refractivity contribution in [1.82, 2.24) is 10.3 Å². The fourth-order valence-electron chi connectivity index (χ4n) is 2.06. The molecule has 3 nitrogen and oxygen atoms in total. The van der Waals surface area contributed by atoms with Gasteiger partial charge in [-0.2, -0.15) is 0 Å². The van der Waals surface area contributed by atoms with E-state index < -0.39 is 0 Å². The monoisotopic (exact) mass is 272 g/mol. The van der Waals surface area contributed by atoms with E-state index >= 15 is 0 Å². The van der Waals surface area contributed by atoms with Gasteiger partial charge in [0.05, 0.1) is 10.6 Å². The molecule has 1 N–H and O–H groups in total. The highest BCUT2D eigenvalue weighted by atomic mass is 35.5. The molecule has 0 bridgehead atoms. The van der Waals surface area contributed by atoms with Crippen molar-refractivity contribution >= 4 is 29.1 Å². The number of carbonyl (C=O) groups is 1. The largest absolute Gasteiger partial charge is 0.349 e. The van der Waals surface area contributed by atoms with Crippen molar-refractivity contribution < 1.29 is 4.79 Å². The summed E-state index contributed by atoms with van der Waals surface area (Å²) in [5, 5.41) is 3.53. The summed E-state index contributed by atoms with van der Waals surface area (Å²) < 4.78 is 0. The molecule has 1 aromatic rings. The number of rotatable bonds is 2. The lowest BCUT2D eigenvalue weighted by Gasteiger charge is -2.22. The van der Waals surface area contributed by atoms with Crippen LogP contribution in [0, 0.1) is 0 Å². The van der Waals surface area contributed by atoms with Crippen LogP contribution in [0.2, 0.25) is 10.2 Å². The highest BCUT2D eigenvalue weighted by Gasteiger charge is 2.17. The first-order chi connectivity index (χ1) is 8.16. The zero-order chi connectivity index (χ0) is 12.3. The first-order valence-corrected chi connectivity index (χ1v) is 6.54. The van der Waals surface area contributed by atoms with Crippen LogP contribution in [0.3, 0.4) is 0 Å². The third-order valence-corrected chi connectivity index (χ3v) is 3.68. The van der Waals surface area contributed by atoms with E-state index in [2.05, 4.69) is 10.3 Å². The van der Waals surface area contributed by atoms with Crippen molar-refractivity contribution in [1.29, 1.82) is 0 Å². The van der Waals surface area contributed by atoms with Gasteiger partial charge in [0.2, 0.25) is 0 Å². The van der Waals surface area contributed by atoms with Gasteiger partial charge >= 0.3 is 0 Å². The van der Waals surface area contributed by atoms with Crippen LogP contribution in [0.5, 0.6) is 0 Å². The quantitative estimate of drug-likeness (QED) is 0.838. The zero-order valence-corrected chi connectivity index (χ0v) is 10.9. The molecule has 0 aliphatic heterocycles. The summed E-state index contributed by atoms with van der Waals surface area (Å²) in [6.45, 7) is 0. The average Bonchev–Trinajstić information content (AvgIpc) is 2.34. The van der Waals surface area contributed by atoms with Crippen LogP contribution in [-0.2, 0) is 0 Å². The van der Waals surface area contributed by atoms with Gasteiger partial charge in [0.15, 0.2) is 0 Å². The van der Waals surface area contributed by atoms with E-state index in [1.54, 1.807) is 6.07 Å². The summed E-state index contributed by atoms with van der Waals surface area (Å²) in [7, 11) is 0. The number of hydrogen-bond acceptors (Lipinski definition) is 2. The molecule has 0 unspecified atom stereocenters. The van der Waals surface area contributed by atoms with E-state index in [1.807, 2.05) is 0 Å². The minimum absolute atomic E-state index is 0.122. The van der Waals surface area contributed by atoms with Gasteiger partial charge in [-0.3, -0.25) is 4.79 Å². The van der Waals surface area contributed by atoms with E-state index in [1.165, 1.54) is 25.5 Å². The molecule has 17 heavy (non-hydrogen) atoms. The predicted octanol–water partition coefficient (Wildman–Crippen LogP) is 3.45. The van der Waals surface area contributed by atoms with Crippen LogP contribution in [0.1, 0.15) is 42.5 Å². The second-order valence-corrected chi connectivity index (χ2v) is 5.07. The van der Waals surface area contributed by atoms with Gasteiger partial charge in [-0.15, -0.1) is 0 Å². The first kappa shape index (κ1) is 12.7. The number of hydrogen-bond donors (Lipinski definition) is 1. The van der Waals surface area contributed by atoms with Crippen LogP contribution >= 0.6 is 23.2 Å². The molecule has 0 spiro atoms. The molecule has 1 aliphatic carbocycles. The topological polar surface area (TPSA) is 42.0 Å². The standard InChI is InChI=1S/C12H14Cl2N2O/c13-10-6-8(7-15-11(10)14)12(17)16-9-4-2-1-3-5-9/h6-7,9H,1-5H2,(H,16,17). The Morgan fingerprint density at radius 2 is 2.00 bits per heavy atom. The zero-order valence-electron chi connectivity index (χ0n) is 9.38. The molecule has 0 aromatic carbocycles. The number of amides is 1. The van der Waals surface area contributed by atoms with Crippen molar-refractivity contribution in [2.45, 2.75) is 38.1 Å². The molecule has 1 aliphatic rings. The smallest absolute Gasteiger partial charge is 0.253 e. The molecule has 1 fully saturated rings. The fourth-order valence-corrected chi connectivity index (χ4v) is 2.33. The van der Waals surface area contributed by atoms with Crippen LogP contribution in [0.4, 0.5) is 0 Å². The molecule has 1 aromatic heterocycles. The third-order valence-electron chi connectivity index (χ3n) is 3.00. The van der Waals surface area contributed by atoms with Gasteiger partial charge in [0.25, 0.3) is 5.91 Å². The lowest BCUT2D eigenvalue weighted by molar-refractivity contribution is 0.0927. The Bertz CT molecular complexity index is 417. The molecule has 0 saturated heterocycles. The molecule has 92 valence electrons. The minimum atomic E-state index is -0.122. The van der Waals surface area contributed by atoms with Crippen molar-refractivity contribution in [2.24, 2.45) is 0 Å². The molecule has 0 atom stereocenters. The SMILES string of the molecule is O=C(NC1CCCCC1)c1cnc(Cl)c(Cl)c1. The normalized spacial score (nSPS) is 16.8. The number of nitrogens with one attached hydrogen (secondary N) is 1. The summed E-state index contributed by atoms with van der Waals surface area (Å²) >= 11 is 11.5. The molecule has 5 heteroatoms. The van der Waals surface area contributed by atoms with Crippen molar-refractivity contribution in [3.8, 4) is 0 Å². The van der Waals surface area contributed by atoms with E-state index in [4.69, 9.17) is 23.2 Å². The maximum Gasteiger partial charge on any atom is 0.253 e. The maximum absolute atomic E-state index is 11.9. The van der Waals surface area contributed by atoms with Crippen LogP contribution < -0.4 is 5.32 Å². The number of nitrogens with zero attached hydrogens (tertiary/aromatic N) is 1. The van der Waals surface area contributed by atoms with Crippen LogP contribution in [-0.4, -0.2) is 16.9 Å². The predicted molar refractivity (Wildman–Crippen MR) is 68.6 cm³/mol. The molecular weight excluding hydrogens is 259 g/mol. The highest BCUT2D eigenvalue weighted by Crippen LogP contribution is 2.21. The second kappa shape index (κ2) is 5.69. The summed E-state index contributed by atoms with van der Waals surface area (Å²) in [6, 6.07) is 1.83. The first-order valence-electron chi connectivity index (χ1n) is 5.79. The Labute approximate surface area is 111 Å². The van der Waals surface area contributed by atoms with Gasteiger partial charge in [-0.25, -0.2) is 4.98 Å². The van der Waals surface area contributed by atoms with Crippen molar-refractivity contribution in [3.05, 3.63) is 28.0 Å². The lowest BCUT2D eigenvalue weighted by atomic mass is 9.95. The van der Waals surface area contributed by atoms with Crippen molar-refractivity contribution in [3.63, 3.8) is 0 Å². The van der Waals surface area contributed by atoms with Gasteiger partial charge in [-0.05, 0) is 18.9 Å². The Morgan fingerprint density at radius 3 is 2.65 bits per heavy atom. The number of aromatic nitrogens is 1. The van der Waals surface area contributed by atoms with Gasteiger partial charge in [-0.1, -0.05) is 42.5 Å². The van der Waals surface area contributed by atoms with E-state index in [0.29, 0.717) is 10.6 Å². The van der Waals surface area contributed by atoms with Crippen LogP contribution in [0.25, 0.3) is 0 Å². The number of carbonyl (C=O) groups excluding carboxylic acids is 1. The average molecular weight is 273 g/mol. The molecule has 0 radical (unpaired) electrons. The summed E-state index contributed by atoms with van der Waals surface area (Å²) in [6.07, 6.45) is 7.20. The van der Waals surface area contributed by atoms with E-state index in [9.17, 15) is 4.79 Å². The lowest BCUT2D eigenvalue weighted by Crippen LogP contribution is -2.36. The Morgan fingerprint density at radius 1 is 1.29 bits per heavy atom. The van der Waals surface area contributed by atoms with E-state index in [-0.39, 0.29) is 17.1 Å². The van der Waals surface area contributed by atoms with Crippen molar-refractivity contribution in [2.75, 3.05) is 0 Å². The minimum Gasteiger partial charge on any atom is -0.349 e. The molecule has 2 rings (SSSR count). The Hall–Kier alpha value is -0.800. The Balaban J connectivity index is 2.01.